The molecule has 0 radical (unpaired) electrons. The van der Waals surface area contributed by atoms with Crippen molar-refractivity contribution in [1.82, 2.24) is 9.29 Å². The quantitative estimate of drug-likeness (QED) is 0.655. The minimum Gasteiger partial charge on any atom is -0.326 e. The van der Waals surface area contributed by atoms with Gasteiger partial charge in [-0.2, -0.15) is 0 Å². The smallest absolute Gasteiger partial charge is 0.242 e. The number of anilines is 1. The number of amides is 1. The van der Waals surface area contributed by atoms with Crippen molar-refractivity contribution in [3.63, 3.8) is 0 Å². The highest BCUT2D eigenvalue weighted by atomic mass is 32.2. The number of thiazole rings is 1. The van der Waals surface area contributed by atoms with Gasteiger partial charge in [-0.3, -0.25) is 4.79 Å². The summed E-state index contributed by atoms with van der Waals surface area (Å²) in [5.41, 5.74) is 1.46. The van der Waals surface area contributed by atoms with Gasteiger partial charge in [-0.1, -0.05) is 18.2 Å². The lowest BCUT2D eigenvalue weighted by Gasteiger charge is -2.12. The Hall–Kier alpha value is -2.29. The molecule has 1 N–H and O–H groups in total. The minimum absolute atomic E-state index is 0.143. The summed E-state index contributed by atoms with van der Waals surface area (Å²) in [7, 11) is -0.576. The molecule has 1 amide bonds. The van der Waals surface area contributed by atoms with Crippen LogP contribution in [0.25, 0.3) is 10.2 Å². The number of aromatic nitrogens is 1. The first kappa shape index (κ1) is 19.5. The number of fused-ring (bicyclic) bond motifs is 1. The maximum absolute atomic E-state index is 12.2. The van der Waals surface area contributed by atoms with Crippen LogP contribution >= 0.6 is 11.3 Å². The number of carbonyl (C=O) groups excluding carboxylic acids is 1. The highest BCUT2D eigenvalue weighted by Crippen LogP contribution is 2.23. The monoisotopic (exact) mass is 403 g/mol. The van der Waals surface area contributed by atoms with Crippen LogP contribution < -0.4 is 5.32 Å². The summed E-state index contributed by atoms with van der Waals surface area (Å²) in [5, 5.41) is 3.78. The third-order valence-corrected chi connectivity index (χ3v) is 6.94. The summed E-state index contributed by atoms with van der Waals surface area (Å²) in [4.78, 5) is 16.9. The van der Waals surface area contributed by atoms with Crippen molar-refractivity contribution in [2.75, 3.05) is 19.4 Å². The highest BCUT2D eigenvalue weighted by molar-refractivity contribution is 7.89. The van der Waals surface area contributed by atoms with E-state index in [1.54, 1.807) is 23.5 Å². The fourth-order valence-corrected chi connectivity index (χ4v) is 4.55. The highest BCUT2D eigenvalue weighted by Gasteiger charge is 2.17. The molecule has 0 aliphatic rings. The average Bonchev–Trinajstić information content (AvgIpc) is 3.04. The van der Waals surface area contributed by atoms with E-state index in [0.29, 0.717) is 18.5 Å². The molecule has 0 fully saturated rings. The van der Waals surface area contributed by atoms with Gasteiger partial charge in [-0.25, -0.2) is 17.7 Å². The Kier molecular flexibility index (Phi) is 5.88. The molecule has 0 spiro atoms. The maximum Gasteiger partial charge on any atom is 0.242 e. The molecule has 0 unspecified atom stereocenters. The average molecular weight is 404 g/mol. The van der Waals surface area contributed by atoms with Crippen molar-refractivity contribution in [2.45, 2.75) is 24.2 Å². The Morgan fingerprint density at radius 2 is 1.93 bits per heavy atom. The van der Waals surface area contributed by atoms with Gasteiger partial charge in [0.25, 0.3) is 0 Å². The normalized spacial score (nSPS) is 11.8. The molecule has 1 heterocycles. The van der Waals surface area contributed by atoms with Crippen molar-refractivity contribution >= 4 is 43.2 Å². The fraction of sp³-hybridized carbons (Fsp3) is 0.263. The molecule has 8 heteroatoms. The number of para-hydroxylation sites is 1. The van der Waals surface area contributed by atoms with Crippen molar-refractivity contribution in [1.29, 1.82) is 0 Å². The summed E-state index contributed by atoms with van der Waals surface area (Å²) < 4.78 is 26.7. The molecule has 2 aromatic carbocycles. The zero-order chi connectivity index (χ0) is 19.4. The predicted molar refractivity (Wildman–Crippen MR) is 109 cm³/mol. The van der Waals surface area contributed by atoms with E-state index in [4.69, 9.17) is 0 Å². The van der Waals surface area contributed by atoms with E-state index in [9.17, 15) is 13.2 Å². The number of nitrogens with zero attached hydrogens (tertiary/aromatic N) is 2. The van der Waals surface area contributed by atoms with E-state index >= 15 is 0 Å². The molecule has 27 heavy (non-hydrogen) atoms. The predicted octanol–water partition coefficient (Wildman–Crippen LogP) is 3.51. The Labute approximate surface area is 162 Å². The van der Waals surface area contributed by atoms with Crippen LogP contribution in [0.3, 0.4) is 0 Å². The van der Waals surface area contributed by atoms with Crippen LogP contribution in [0.2, 0.25) is 0 Å². The third-order valence-electron chi connectivity index (χ3n) is 4.03. The minimum atomic E-state index is -3.53. The van der Waals surface area contributed by atoms with Gasteiger partial charge < -0.3 is 5.32 Å². The van der Waals surface area contributed by atoms with Gasteiger partial charge in [-0.15, -0.1) is 11.3 Å². The molecule has 0 atom stereocenters. The summed E-state index contributed by atoms with van der Waals surface area (Å²) in [6.07, 6.45) is 1.77. The number of benzene rings is 2. The third kappa shape index (κ3) is 4.71. The lowest BCUT2D eigenvalue weighted by Crippen LogP contribution is -2.22. The molecule has 0 bridgehead atoms. The van der Waals surface area contributed by atoms with E-state index < -0.39 is 10.0 Å². The van der Waals surface area contributed by atoms with Crippen LogP contribution in [-0.2, 0) is 21.2 Å². The van der Waals surface area contributed by atoms with E-state index in [0.717, 1.165) is 26.0 Å². The van der Waals surface area contributed by atoms with E-state index in [-0.39, 0.29) is 10.8 Å². The summed E-state index contributed by atoms with van der Waals surface area (Å²) in [6.45, 7) is 0. The summed E-state index contributed by atoms with van der Waals surface area (Å²) >= 11 is 1.65. The second kappa shape index (κ2) is 8.16. The van der Waals surface area contributed by atoms with Crippen LogP contribution in [0.4, 0.5) is 5.69 Å². The second-order valence-corrected chi connectivity index (χ2v) is 9.56. The second-order valence-electron chi connectivity index (χ2n) is 6.29. The van der Waals surface area contributed by atoms with Crippen LogP contribution in [0.15, 0.2) is 53.4 Å². The van der Waals surface area contributed by atoms with Crippen LogP contribution in [0.5, 0.6) is 0 Å². The van der Waals surface area contributed by atoms with Gasteiger partial charge in [0.2, 0.25) is 15.9 Å². The lowest BCUT2D eigenvalue weighted by molar-refractivity contribution is -0.116. The molecule has 6 nitrogen and oxygen atoms in total. The topological polar surface area (TPSA) is 79.4 Å². The molecule has 0 saturated carbocycles. The molecule has 142 valence electrons. The van der Waals surface area contributed by atoms with Gasteiger partial charge in [0.05, 0.1) is 20.1 Å². The molecular weight excluding hydrogens is 382 g/mol. The number of hydrogen-bond acceptors (Lipinski definition) is 5. The molecular formula is C19H21N3O3S2. The van der Waals surface area contributed by atoms with Crippen molar-refractivity contribution in [2.24, 2.45) is 0 Å². The maximum atomic E-state index is 12.2. The molecule has 0 aliphatic carbocycles. The van der Waals surface area contributed by atoms with Gasteiger partial charge in [0.15, 0.2) is 0 Å². The summed E-state index contributed by atoms with van der Waals surface area (Å²) in [5.74, 6) is -0.143. The van der Waals surface area contributed by atoms with Gasteiger partial charge >= 0.3 is 0 Å². The molecule has 0 saturated heterocycles. The zero-order valence-corrected chi connectivity index (χ0v) is 16.8. The number of hydrogen-bond donors (Lipinski definition) is 1. The first-order chi connectivity index (χ1) is 12.9. The molecule has 3 rings (SSSR count). The van der Waals surface area contributed by atoms with Crippen LogP contribution in [-0.4, -0.2) is 37.7 Å². The van der Waals surface area contributed by atoms with Gasteiger partial charge in [0.1, 0.15) is 0 Å². The number of nitrogens with one attached hydrogen (secondary N) is 1. The number of aryl methyl sites for hydroxylation is 1. The lowest BCUT2D eigenvalue weighted by atomic mass is 10.2. The molecule has 1 aromatic heterocycles. The van der Waals surface area contributed by atoms with Gasteiger partial charge in [-0.05, 0) is 43.2 Å². The van der Waals surface area contributed by atoms with Crippen molar-refractivity contribution in [3.8, 4) is 0 Å². The Bertz CT molecular complexity index is 1030. The van der Waals surface area contributed by atoms with Crippen molar-refractivity contribution in [3.05, 3.63) is 53.5 Å². The first-order valence-electron chi connectivity index (χ1n) is 8.53. The van der Waals surface area contributed by atoms with Gasteiger partial charge in [0, 0.05) is 26.2 Å². The zero-order valence-electron chi connectivity index (χ0n) is 15.2. The molecule has 3 aromatic rings. The first-order valence-corrected chi connectivity index (χ1v) is 10.8. The Balaban J connectivity index is 1.56. The van der Waals surface area contributed by atoms with E-state index in [1.807, 2.05) is 24.3 Å². The van der Waals surface area contributed by atoms with E-state index in [1.165, 1.54) is 26.2 Å². The van der Waals surface area contributed by atoms with Crippen molar-refractivity contribution < 1.29 is 13.2 Å². The Morgan fingerprint density at radius 3 is 2.67 bits per heavy atom. The SMILES string of the molecule is CN(C)S(=O)(=O)c1cccc(NC(=O)CCCc2nc3ccccc3s2)c1. The standard InChI is InChI=1S/C19H21N3O3S2/c1-22(2)27(24,25)15-8-5-7-14(13-15)20-18(23)11-6-12-19-21-16-9-3-4-10-17(16)26-19/h3-5,7-10,13H,6,11-12H2,1-2H3,(H,20,23). The number of carbonyl (C=O) groups is 1. The largest absolute Gasteiger partial charge is 0.326 e. The Morgan fingerprint density at radius 1 is 1.15 bits per heavy atom. The summed E-state index contributed by atoms with van der Waals surface area (Å²) in [6, 6.07) is 14.3. The number of rotatable bonds is 7. The van der Waals surface area contributed by atoms with Crippen LogP contribution in [0, 0.1) is 0 Å². The van der Waals surface area contributed by atoms with E-state index in [2.05, 4.69) is 10.3 Å². The fourth-order valence-electron chi connectivity index (χ4n) is 2.60. The van der Waals surface area contributed by atoms with Crippen LogP contribution in [0.1, 0.15) is 17.8 Å². The number of sulfonamides is 1. The molecule has 0 aliphatic heterocycles.